The summed E-state index contributed by atoms with van der Waals surface area (Å²) in [5.74, 6) is 0.610. The number of methoxy groups -OCH3 is 1. The van der Waals surface area contributed by atoms with Gasteiger partial charge >= 0.3 is 0 Å². The lowest BCUT2D eigenvalue weighted by Gasteiger charge is -2.36. The van der Waals surface area contributed by atoms with Crippen LogP contribution in [0, 0.1) is 0 Å². The standard InChI is InChI=1S/C26H35N5O2/c1-29(25(32)22-15-27-26(28-16-22)31-13-10-24(18-31)33-2)17-19-6-7-20-8-11-30(23-4-3-5-23)12-9-21(20)14-19/h6-7,14-16,23-24H,3-5,8-13,17-18H2,1-2H3. The second kappa shape index (κ2) is 9.77. The van der Waals surface area contributed by atoms with Crippen LogP contribution in [0.4, 0.5) is 5.95 Å². The third kappa shape index (κ3) is 4.89. The number of ether oxygens (including phenoxy) is 1. The molecule has 1 unspecified atom stereocenters. The first-order valence-electron chi connectivity index (χ1n) is 12.3. The van der Waals surface area contributed by atoms with Gasteiger partial charge in [-0.15, -0.1) is 0 Å². The van der Waals surface area contributed by atoms with E-state index in [0.717, 1.165) is 44.9 Å². The van der Waals surface area contributed by atoms with Crippen molar-refractivity contribution in [2.45, 2.75) is 57.2 Å². The molecule has 0 N–H and O–H groups in total. The van der Waals surface area contributed by atoms with Crippen molar-refractivity contribution < 1.29 is 9.53 Å². The Morgan fingerprint density at radius 1 is 1.09 bits per heavy atom. The number of fused-ring (bicyclic) bond motifs is 1. The first-order valence-corrected chi connectivity index (χ1v) is 12.3. The average Bonchev–Trinajstić information content (AvgIpc) is 3.20. The van der Waals surface area contributed by atoms with Gasteiger partial charge in [0.15, 0.2) is 0 Å². The number of hydrogen-bond acceptors (Lipinski definition) is 6. The fraction of sp³-hybridized carbons (Fsp3) is 0.577. The van der Waals surface area contributed by atoms with Crippen LogP contribution in [0.25, 0.3) is 0 Å². The molecule has 0 bridgehead atoms. The molecule has 7 nitrogen and oxygen atoms in total. The zero-order valence-electron chi connectivity index (χ0n) is 19.9. The Hall–Kier alpha value is -2.51. The molecule has 1 atom stereocenters. The third-order valence-corrected chi connectivity index (χ3v) is 7.61. The Bertz CT molecular complexity index is 975. The highest BCUT2D eigenvalue weighted by Crippen LogP contribution is 2.28. The highest BCUT2D eigenvalue weighted by atomic mass is 16.5. The summed E-state index contributed by atoms with van der Waals surface area (Å²) in [5.41, 5.74) is 4.62. The lowest BCUT2D eigenvalue weighted by atomic mass is 9.91. The predicted octanol–water partition coefficient (Wildman–Crippen LogP) is 2.93. The monoisotopic (exact) mass is 449 g/mol. The van der Waals surface area contributed by atoms with Crippen LogP contribution in [0.2, 0.25) is 0 Å². The molecule has 7 heteroatoms. The molecular formula is C26H35N5O2. The Morgan fingerprint density at radius 2 is 1.85 bits per heavy atom. The minimum atomic E-state index is -0.0520. The van der Waals surface area contributed by atoms with E-state index < -0.39 is 0 Å². The van der Waals surface area contributed by atoms with Crippen LogP contribution in [-0.2, 0) is 24.1 Å². The molecule has 1 aromatic heterocycles. The Balaban J connectivity index is 1.19. The summed E-state index contributed by atoms with van der Waals surface area (Å²) < 4.78 is 5.42. The number of carbonyl (C=O) groups is 1. The minimum absolute atomic E-state index is 0.0520. The van der Waals surface area contributed by atoms with Crippen LogP contribution in [0.3, 0.4) is 0 Å². The predicted molar refractivity (Wildman–Crippen MR) is 129 cm³/mol. The maximum absolute atomic E-state index is 13.0. The van der Waals surface area contributed by atoms with Crippen LogP contribution in [0.15, 0.2) is 30.6 Å². The molecule has 33 heavy (non-hydrogen) atoms. The van der Waals surface area contributed by atoms with E-state index in [4.69, 9.17) is 4.74 Å². The Labute approximate surface area is 196 Å². The van der Waals surface area contributed by atoms with Gasteiger partial charge < -0.3 is 14.5 Å². The van der Waals surface area contributed by atoms with Gasteiger partial charge in [-0.2, -0.15) is 0 Å². The van der Waals surface area contributed by atoms with Crippen LogP contribution in [-0.4, -0.2) is 78.2 Å². The van der Waals surface area contributed by atoms with Crippen LogP contribution < -0.4 is 4.90 Å². The summed E-state index contributed by atoms with van der Waals surface area (Å²) in [5, 5.41) is 0. The molecule has 5 rings (SSSR count). The van der Waals surface area contributed by atoms with Crippen LogP contribution in [0.1, 0.15) is 52.7 Å². The first-order chi connectivity index (χ1) is 16.1. The van der Waals surface area contributed by atoms with Gasteiger partial charge in [-0.1, -0.05) is 24.6 Å². The highest BCUT2D eigenvalue weighted by Gasteiger charge is 2.27. The van der Waals surface area contributed by atoms with Gasteiger partial charge in [0.25, 0.3) is 5.91 Å². The van der Waals surface area contributed by atoms with Gasteiger partial charge in [-0.3, -0.25) is 9.69 Å². The summed E-state index contributed by atoms with van der Waals surface area (Å²) in [6.45, 7) is 4.58. The molecule has 1 aliphatic carbocycles. The largest absolute Gasteiger partial charge is 0.380 e. The van der Waals surface area contributed by atoms with Gasteiger partial charge in [0, 0.05) is 65.3 Å². The molecular weight excluding hydrogens is 414 g/mol. The summed E-state index contributed by atoms with van der Waals surface area (Å²) >= 11 is 0. The molecule has 2 aromatic rings. The molecule has 1 aromatic carbocycles. The molecule has 1 saturated carbocycles. The van der Waals surface area contributed by atoms with E-state index in [1.807, 2.05) is 7.05 Å². The van der Waals surface area contributed by atoms with Crippen molar-refractivity contribution in [3.05, 3.63) is 52.8 Å². The number of carbonyl (C=O) groups excluding carboxylic acids is 1. The third-order valence-electron chi connectivity index (χ3n) is 7.61. The molecule has 0 spiro atoms. The fourth-order valence-electron chi connectivity index (χ4n) is 5.27. The lowest BCUT2D eigenvalue weighted by molar-refractivity contribution is 0.0784. The molecule has 3 heterocycles. The van der Waals surface area contributed by atoms with Gasteiger partial charge in [-0.25, -0.2) is 9.97 Å². The van der Waals surface area contributed by atoms with E-state index in [0.29, 0.717) is 18.1 Å². The quantitative estimate of drug-likeness (QED) is 0.676. The Morgan fingerprint density at radius 3 is 2.52 bits per heavy atom. The second-order valence-electron chi connectivity index (χ2n) is 9.75. The number of rotatable bonds is 6. The lowest BCUT2D eigenvalue weighted by Crippen LogP contribution is -2.41. The van der Waals surface area contributed by atoms with Gasteiger partial charge in [0.05, 0.1) is 11.7 Å². The smallest absolute Gasteiger partial charge is 0.257 e. The van der Waals surface area contributed by atoms with E-state index in [1.165, 1.54) is 42.5 Å². The Kier molecular flexibility index (Phi) is 6.60. The molecule has 1 saturated heterocycles. The summed E-state index contributed by atoms with van der Waals surface area (Å²) in [6, 6.07) is 7.57. The van der Waals surface area contributed by atoms with Crippen molar-refractivity contribution in [2.75, 3.05) is 45.2 Å². The van der Waals surface area contributed by atoms with Crippen molar-refractivity contribution >= 4 is 11.9 Å². The minimum Gasteiger partial charge on any atom is -0.380 e. The summed E-state index contributed by atoms with van der Waals surface area (Å²) in [4.78, 5) is 28.4. The zero-order valence-corrected chi connectivity index (χ0v) is 19.9. The van der Waals surface area contributed by atoms with Gasteiger partial charge in [-0.05, 0) is 48.8 Å². The SMILES string of the molecule is COC1CCN(c2ncc(C(=O)N(C)Cc3ccc4c(c3)CCN(C3CCC3)CC4)cn2)C1. The van der Waals surface area contributed by atoms with Gasteiger partial charge in [0.2, 0.25) is 5.95 Å². The van der Waals surface area contributed by atoms with E-state index >= 15 is 0 Å². The first kappa shape index (κ1) is 22.3. The molecule has 176 valence electrons. The number of benzene rings is 1. The second-order valence-corrected chi connectivity index (χ2v) is 9.75. The van der Waals surface area contributed by atoms with Crippen molar-refractivity contribution in [3.63, 3.8) is 0 Å². The number of aromatic nitrogens is 2. The summed E-state index contributed by atoms with van der Waals surface area (Å²) in [6.07, 6.45) is 10.8. The van der Waals surface area contributed by atoms with E-state index in [2.05, 4.69) is 38.0 Å². The molecule has 0 radical (unpaired) electrons. The van der Waals surface area contributed by atoms with E-state index in [9.17, 15) is 4.79 Å². The number of anilines is 1. The topological polar surface area (TPSA) is 61.8 Å². The van der Waals surface area contributed by atoms with Crippen molar-refractivity contribution in [3.8, 4) is 0 Å². The van der Waals surface area contributed by atoms with Crippen LogP contribution >= 0.6 is 0 Å². The molecule has 3 aliphatic rings. The highest BCUT2D eigenvalue weighted by molar-refractivity contribution is 5.93. The number of amides is 1. The van der Waals surface area contributed by atoms with Crippen molar-refractivity contribution in [1.29, 1.82) is 0 Å². The average molecular weight is 450 g/mol. The zero-order chi connectivity index (χ0) is 22.8. The normalized spacial score (nSPS) is 21.4. The van der Waals surface area contributed by atoms with E-state index in [1.54, 1.807) is 24.4 Å². The van der Waals surface area contributed by atoms with Crippen molar-refractivity contribution in [2.24, 2.45) is 0 Å². The maximum Gasteiger partial charge on any atom is 0.257 e. The number of nitrogens with zero attached hydrogens (tertiary/aromatic N) is 5. The molecule has 1 amide bonds. The summed E-state index contributed by atoms with van der Waals surface area (Å²) in [7, 11) is 3.59. The van der Waals surface area contributed by atoms with Crippen LogP contribution in [0.5, 0.6) is 0 Å². The fourth-order valence-corrected chi connectivity index (χ4v) is 5.27. The van der Waals surface area contributed by atoms with Crippen molar-refractivity contribution in [1.82, 2.24) is 19.8 Å². The van der Waals surface area contributed by atoms with Gasteiger partial charge in [0.1, 0.15) is 0 Å². The van der Waals surface area contributed by atoms with E-state index in [-0.39, 0.29) is 12.0 Å². The number of hydrogen-bond donors (Lipinski definition) is 0. The molecule has 2 fully saturated rings. The molecule has 2 aliphatic heterocycles. The maximum atomic E-state index is 13.0.